The standard InChI is InChI=1S/C29H33N7O/c1-34(2)29(11-5-12-29)13-15-35-14-10-20-17-23(8-9-25(20)35)32-28-31-19-22-16-21(18-30)27(37)36(26(22)33-28)24-6-3-4-7-24/h8-10,14,16-17,19,24H,3-7,11-13,15H2,1-2H3,(H,31,32,33). The Balaban J connectivity index is 1.27. The minimum Gasteiger partial charge on any atom is -0.347 e. The molecule has 0 amide bonds. The number of nitriles is 1. The van der Waals surface area contributed by atoms with E-state index in [0.29, 0.717) is 22.5 Å². The Hall–Kier alpha value is -3.70. The second-order valence-electron chi connectivity index (χ2n) is 10.9. The van der Waals surface area contributed by atoms with Gasteiger partial charge < -0.3 is 14.8 Å². The fourth-order valence-electron chi connectivity index (χ4n) is 6.20. The van der Waals surface area contributed by atoms with Crippen LogP contribution in [0.25, 0.3) is 21.9 Å². The Morgan fingerprint density at radius 2 is 1.95 bits per heavy atom. The zero-order valence-electron chi connectivity index (χ0n) is 21.6. The minimum atomic E-state index is -0.257. The average Bonchev–Trinajstić information content (AvgIpc) is 3.53. The third-order valence-electron chi connectivity index (χ3n) is 8.66. The molecule has 1 aromatic carbocycles. The summed E-state index contributed by atoms with van der Waals surface area (Å²) in [5.74, 6) is 0.444. The van der Waals surface area contributed by atoms with Crippen LogP contribution in [0.4, 0.5) is 11.6 Å². The molecule has 0 atom stereocenters. The van der Waals surface area contributed by atoms with Crippen molar-refractivity contribution in [2.24, 2.45) is 0 Å². The zero-order valence-corrected chi connectivity index (χ0v) is 21.6. The van der Waals surface area contributed by atoms with Crippen molar-refractivity contribution in [2.75, 3.05) is 19.4 Å². The summed E-state index contributed by atoms with van der Waals surface area (Å²) < 4.78 is 4.07. The number of hydrogen-bond donors (Lipinski definition) is 1. The van der Waals surface area contributed by atoms with Crippen molar-refractivity contribution < 1.29 is 0 Å². The van der Waals surface area contributed by atoms with Gasteiger partial charge in [0.25, 0.3) is 5.56 Å². The van der Waals surface area contributed by atoms with Gasteiger partial charge in [-0.1, -0.05) is 12.8 Å². The number of hydrogen-bond acceptors (Lipinski definition) is 6. The summed E-state index contributed by atoms with van der Waals surface area (Å²) in [7, 11) is 4.41. The predicted molar refractivity (Wildman–Crippen MR) is 146 cm³/mol. The Morgan fingerprint density at radius 1 is 1.14 bits per heavy atom. The number of nitrogens with zero attached hydrogens (tertiary/aromatic N) is 6. The second-order valence-corrected chi connectivity index (χ2v) is 10.9. The van der Waals surface area contributed by atoms with Crippen LogP contribution >= 0.6 is 0 Å². The summed E-state index contributed by atoms with van der Waals surface area (Å²) in [6.07, 6.45) is 13.0. The van der Waals surface area contributed by atoms with E-state index >= 15 is 0 Å². The van der Waals surface area contributed by atoms with Gasteiger partial charge >= 0.3 is 0 Å². The maximum absolute atomic E-state index is 13.0. The van der Waals surface area contributed by atoms with Crippen molar-refractivity contribution >= 4 is 33.6 Å². The second kappa shape index (κ2) is 9.31. The normalized spacial score (nSPS) is 17.4. The first-order chi connectivity index (χ1) is 18.0. The molecule has 0 bridgehead atoms. The zero-order chi connectivity index (χ0) is 25.6. The van der Waals surface area contributed by atoms with E-state index in [1.807, 2.05) is 6.07 Å². The van der Waals surface area contributed by atoms with Gasteiger partial charge in [-0.05, 0) is 83.0 Å². The number of fused-ring (bicyclic) bond motifs is 2. The number of aryl methyl sites for hydroxylation is 1. The van der Waals surface area contributed by atoms with Crippen LogP contribution in [-0.2, 0) is 6.54 Å². The molecule has 0 aliphatic heterocycles. The smallest absolute Gasteiger partial charge is 0.270 e. The van der Waals surface area contributed by atoms with Gasteiger partial charge in [0, 0.05) is 52.5 Å². The fourth-order valence-corrected chi connectivity index (χ4v) is 6.20. The highest BCUT2D eigenvalue weighted by Crippen LogP contribution is 2.39. The molecule has 0 saturated heterocycles. The summed E-state index contributed by atoms with van der Waals surface area (Å²) in [5.41, 5.74) is 2.94. The van der Waals surface area contributed by atoms with Gasteiger partial charge in [0.2, 0.25) is 5.95 Å². The largest absolute Gasteiger partial charge is 0.347 e. The van der Waals surface area contributed by atoms with Gasteiger partial charge in [0.05, 0.1) is 0 Å². The Kier molecular flexibility index (Phi) is 5.96. The van der Waals surface area contributed by atoms with Crippen LogP contribution in [0.3, 0.4) is 0 Å². The van der Waals surface area contributed by atoms with Gasteiger partial charge in [0.1, 0.15) is 17.3 Å². The molecule has 2 saturated carbocycles. The molecule has 0 radical (unpaired) electrons. The first-order valence-electron chi connectivity index (χ1n) is 13.3. The number of rotatable bonds is 7. The van der Waals surface area contributed by atoms with Crippen LogP contribution in [0.5, 0.6) is 0 Å². The molecule has 2 aliphatic carbocycles. The van der Waals surface area contributed by atoms with E-state index < -0.39 is 0 Å². The Bertz CT molecular complexity index is 1570. The van der Waals surface area contributed by atoms with Crippen LogP contribution in [0, 0.1) is 11.3 Å². The number of benzene rings is 1. The molecule has 190 valence electrons. The third kappa shape index (κ3) is 4.17. The lowest BCUT2D eigenvalue weighted by atomic mass is 9.73. The van der Waals surface area contributed by atoms with Crippen molar-refractivity contribution in [1.29, 1.82) is 5.26 Å². The van der Waals surface area contributed by atoms with Crippen molar-refractivity contribution in [3.63, 3.8) is 0 Å². The topological polar surface area (TPSA) is 91.8 Å². The van der Waals surface area contributed by atoms with E-state index in [4.69, 9.17) is 4.98 Å². The lowest BCUT2D eigenvalue weighted by Crippen LogP contribution is -2.50. The maximum atomic E-state index is 13.0. The van der Waals surface area contributed by atoms with Gasteiger partial charge in [-0.2, -0.15) is 10.2 Å². The van der Waals surface area contributed by atoms with Crippen molar-refractivity contribution in [3.05, 3.63) is 58.6 Å². The number of anilines is 2. The summed E-state index contributed by atoms with van der Waals surface area (Å²) >= 11 is 0. The average molecular weight is 496 g/mol. The summed E-state index contributed by atoms with van der Waals surface area (Å²) in [6.45, 7) is 1.01. The molecule has 2 aliphatic rings. The van der Waals surface area contributed by atoms with Gasteiger partial charge in [-0.3, -0.25) is 9.36 Å². The quantitative estimate of drug-likeness (QED) is 0.372. The highest BCUT2D eigenvalue weighted by molar-refractivity contribution is 5.85. The highest BCUT2D eigenvalue weighted by Gasteiger charge is 2.38. The number of nitrogens with one attached hydrogen (secondary N) is 1. The molecular weight excluding hydrogens is 462 g/mol. The van der Waals surface area contributed by atoms with Gasteiger partial charge in [0.15, 0.2) is 0 Å². The predicted octanol–water partition coefficient (Wildman–Crippen LogP) is 5.35. The molecule has 0 spiro atoms. The molecule has 3 aromatic heterocycles. The summed E-state index contributed by atoms with van der Waals surface area (Å²) in [6, 6.07) is 12.2. The lowest BCUT2D eigenvalue weighted by molar-refractivity contribution is 0.0473. The first kappa shape index (κ1) is 23.7. The SMILES string of the molecule is CN(C)C1(CCn2ccc3cc(Nc4ncc5cc(C#N)c(=O)n(C6CCCC6)c5n4)ccc32)CCC1. The monoisotopic (exact) mass is 495 g/mol. The van der Waals surface area contributed by atoms with Gasteiger partial charge in [-0.15, -0.1) is 0 Å². The van der Waals surface area contributed by atoms with E-state index in [1.54, 1.807) is 16.8 Å². The first-order valence-corrected chi connectivity index (χ1v) is 13.3. The highest BCUT2D eigenvalue weighted by atomic mass is 16.1. The van der Waals surface area contributed by atoms with Crippen LogP contribution < -0.4 is 10.9 Å². The molecule has 1 N–H and O–H groups in total. The van der Waals surface area contributed by atoms with Crippen molar-refractivity contribution in [1.82, 2.24) is 24.0 Å². The van der Waals surface area contributed by atoms with Crippen LogP contribution in [-0.4, -0.2) is 43.6 Å². The lowest BCUT2D eigenvalue weighted by Gasteiger charge is -2.47. The van der Waals surface area contributed by atoms with Crippen LogP contribution in [0.2, 0.25) is 0 Å². The Labute approximate surface area is 216 Å². The molecular formula is C29H33N7O. The summed E-state index contributed by atoms with van der Waals surface area (Å²) in [5, 5.41) is 14.7. The Morgan fingerprint density at radius 3 is 2.65 bits per heavy atom. The molecule has 3 heterocycles. The van der Waals surface area contributed by atoms with Crippen LogP contribution in [0.1, 0.15) is 63.0 Å². The van der Waals surface area contributed by atoms with E-state index in [1.165, 1.54) is 30.2 Å². The van der Waals surface area contributed by atoms with E-state index in [9.17, 15) is 10.1 Å². The van der Waals surface area contributed by atoms with Gasteiger partial charge in [-0.25, -0.2) is 4.98 Å². The third-order valence-corrected chi connectivity index (χ3v) is 8.66. The molecule has 4 aromatic rings. The molecule has 8 heteroatoms. The van der Waals surface area contributed by atoms with E-state index in [2.05, 4.69) is 64.3 Å². The van der Waals surface area contributed by atoms with Crippen molar-refractivity contribution in [2.45, 2.75) is 69.5 Å². The molecule has 6 rings (SSSR count). The molecule has 8 nitrogen and oxygen atoms in total. The molecule has 37 heavy (non-hydrogen) atoms. The minimum absolute atomic E-state index is 0.0775. The van der Waals surface area contributed by atoms with E-state index in [0.717, 1.165) is 44.3 Å². The maximum Gasteiger partial charge on any atom is 0.270 e. The summed E-state index contributed by atoms with van der Waals surface area (Å²) in [4.78, 5) is 24.7. The fraction of sp³-hybridized carbons (Fsp3) is 0.448. The number of aromatic nitrogens is 4. The number of pyridine rings is 1. The molecule has 0 unspecified atom stereocenters. The van der Waals surface area contributed by atoms with Crippen LogP contribution in [0.15, 0.2) is 47.5 Å². The molecule has 2 fully saturated rings. The van der Waals surface area contributed by atoms with E-state index in [-0.39, 0.29) is 17.2 Å². The van der Waals surface area contributed by atoms with Crippen molar-refractivity contribution in [3.8, 4) is 6.07 Å².